The van der Waals surface area contributed by atoms with E-state index >= 15 is 0 Å². The molecule has 1 amide bonds. The van der Waals surface area contributed by atoms with Crippen LogP contribution in [0.1, 0.15) is 16.1 Å². The molecule has 0 aliphatic heterocycles. The van der Waals surface area contributed by atoms with Crippen LogP contribution in [0.15, 0.2) is 82.4 Å². The van der Waals surface area contributed by atoms with Gasteiger partial charge >= 0.3 is 0 Å². The van der Waals surface area contributed by atoms with Gasteiger partial charge in [0.25, 0.3) is 5.91 Å². The predicted molar refractivity (Wildman–Crippen MR) is 118 cm³/mol. The minimum atomic E-state index is -0.320. The van der Waals surface area contributed by atoms with Gasteiger partial charge < -0.3 is 4.98 Å². The lowest BCUT2D eigenvalue weighted by Crippen LogP contribution is -2.18. The molecule has 2 N–H and O–H groups in total. The lowest BCUT2D eigenvalue weighted by molar-refractivity contribution is 0.0951. The first-order valence-electron chi connectivity index (χ1n) is 8.57. The van der Waals surface area contributed by atoms with Crippen molar-refractivity contribution >= 4 is 50.6 Å². The Bertz CT molecular complexity index is 1170. The molecule has 6 heteroatoms. The van der Waals surface area contributed by atoms with Crippen molar-refractivity contribution in [3.05, 3.63) is 93.5 Å². The fourth-order valence-corrected chi connectivity index (χ4v) is 3.45. The summed E-state index contributed by atoms with van der Waals surface area (Å²) in [6.07, 6.45) is 1.60. The summed E-state index contributed by atoms with van der Waals surface area (Å²) < 4.78 is 0.984. The maximum absolute atomic E-state index is 12.8. The Morgan fingerprint density at radius 3 is 2.54 bits per heavy atom. The molecule has 0 saturated heterocycles. The van der Waals surface area contributed by atoms with Crippen LogP contribution in [-0.2, 0) is 0 Å². The van der Waals surface area contributed by atoms with E-state index in [2.05, 4.69) is 31.4 Å². The van der Waals surface area contributed by atoms with E-state index in [1.54, 1.807) is 12.3 Å². The molecule has 0 aliphatic rings. The van der Waals surface area contributed by atoms with Crippen molar-refractivity contribution in [1.82, 2.24) is 10.4 Å². The van der Waals surface area contributed by atoms with Crippen molar-refractivity contribution in [3.8, 4) is 11.1 Å². The van der Waals surface area contributed by atoms with Crippen molar-refractivity contribution in [1.29, 1.82) is 0 Å². The number of nitrogens with zero attached hydrogens (tertiary/aromatic N) is 1. The summed E-state index contributed by atoms with van der Waals surface area (Å²) in [5.41, 5.74) is 6.50. The van der Waals surface area contributed by atoms with E-state index in [0.29, 0.717) is 10.7 Å². The van der Waals surface area contributed by atoms with Gasteiger partial charge in [0, 0.05) is 26.0 Å². The standard InChI is InChI=1S/C22H15BrClN3O/c23-16-8-6-14(7-9-16)13-25-27-22(28)21-20(15-4-2-1-3-5-15)18-12-17(24)10-11-19(18)26-21/h1-13,26H,(H,27,28)/b25-13+. The maximum atomic E-state index is 12.8. The lowest BCUT2D eigenvalue weighted by atomic mass is 10.0. The van der Waals surface area contributed by atoms with Crippen LogP contribution in [0.3, 0.4) is 0 Å². The van der Waals surface area contributed by atoms with Crippen LogP contribution in [0.2, 0.25) is 5.02 Å². The van der Waals surface area contributed by atoms with Crippen LogP contribution in [0, 0.1) is 0 Å². The number of rotatable bonds is 4. The zero-order valence-corrected chi connectivity index (χ0v) is 17.0. The van der Waals surface area contributed by atoms with Crippen molar-refractivity contribution < 1.29 is 4.79 Å². The predicted octanol–water partition coefficient (Wildman–Crippen LogP) is 6.01. The zero-order chi connectivity index (χ0) is 19.5. The molecule has 4 rings (SSSR count). The van der Waals surface area contributed by atoms with Gasteiger partial charge in [0.1, 0.15) is 5.69 Å². The third-order valence-corrected chi connectivity index (χ3v) is 5.06. The highest BCUT2D eigenvalue weighted by atomic mass is 79.9. The van der Waals surface area contributed by atoms with E-state index < -0.39 is 0 Å². The van der Waals surface area contributed by atoms with Gasteiger partial charge in [0.2, 0.25) is 0 Å². The Kier molecular flexibility index (Phi) is 5.28. The monoisotopic (exact) mass is 451 g/mol. The molecule has 1 aromatic heterocycles. The van der Waals surface area contributed by atoms with Crippen molar-refractivity contribution in [3.63, 3.8) is 0 Å². The molecule has 0 fully saturated rings. The second-order valence-electron chi connectivity index (χ2n) is 6.18. The van der Waals surface area contributed by atoms with Crippen LogP contribution < -0.4 is 5.43 Å². The summed E-state index contributed by atoms with van der Waals surface area (Å²) in [6, 6.07) is 22.9. The van der Waals surface area contributed by atoms with Gasteiger partial charge in [0.05, 0.1) is 6.21 Å². The van der Waals surface area contributed by atoms with Crippen molar-refractivity contribution in [2.75, 3.05) is 0 Å². The Morgan fingerprint density at radius 1 is 1.04 bits per heavy atom. The van der Waals surface area contributed by atoms with E-state index in [0.717, 1.165) is 32.1 Å². The molecule has 4 nitrogen and oxygen atoms in total. The van der Waals surface area contributed by atoms with Crippen molar-refractivity contribution in [2.45, 2.75) is 0 Å². The second-order valence-corrected chi connectivity index (χ2v) is 7.53. The average Bonchev–Trinajstić information content (AvgIpc) is 3.09. The summed E-state index contributed by atoms with van der Waals surface area (Å²) >= 11 is 9.58. The van der Waals surface area contributed by atoms with Crippen LogP contribution >= 0.6 is 27.5 Å². The average molecular weight is 453 g/mol. The normalized spacial score (nSPS) is 11.2. The van der Waals surface area contributed by atoms with Gasteiger partial charge in [-0.2, -0.15) is 5.10 Å². The number of aromatic amines is 1. The van der Waals surface area contributed by atoms with Gasteiger partial charge in [-0.25, -0.2) is 5.43 Å². The Hall–Kier alpha value is -2.89. The Balaban J connectivity index is 1.69. The quantitative estimate of drug-likeness (QED) is 0.289. The van der Waals surface area contributed by atoms with Crippen molar-refractivity contribution in [2.24, 2.45) is 5.10 Å². The number of hydrazone groups is 1. The molecule has 0 aliphatic carbocycles. The minimum Gasteiger partial charge on any atom is -0.350 e. The Labute approximate surface area is 175 Å². The van der Waals surface area contributed by atoms with Crippen LogP contribution in [-0.4, -0.2) is 17.1 Å². The number of halogens is 2. The van der Waals surface area contributed by atoms with E-state index in [-0.39, 0.29) is 5.91 Å². The van der Waals surface area contributed by atoms with E-state index in [9.17, 15) is 4.79 Å². The third kappa shape index (κ3) is 3.86. The first kappa shape index (κ1) is 18.5. The molecule has 0 atom stereocenters. The molecule has 0 bridgehead atoms. The molecule has 0 radical (unpaired) electrons. The first-order valence-corrected chi connectivity index (χ1v) is 9.74. The highest BCUT2D eigenvalue weighted by Crippen LogP contribution is 2.34. The van der Waals surface area contributed by atoms with Gasteiger partial charge in [-0.15, -0.1) is 0 Å². The SMILES string of the molecule is O=C(N/N=C/c1ccc(Br)cc1)c1[nH]c2ccc(Cl)cc2c1-c1ccccc1. The molecule has 0 spiro atoms. The second kappa shape index (κ2) is 8.00. The van der Waals surface area contributed by atoms with E-state index in [4.69, 9.17) is 11.6 Å². The molecule has 3 aromatic carbocycles. The molecule has 138 valence electrons. The topological polar surface area (TPSA) is 57.2 Å². The lowest BCUT2D eigenvalue weighted by Gasteiger charge is -2.04. The number of amides is 1. The molecule has 0 unspecified atom stereocenters. The zero-order valence-electron chi connectivity index (χ0n) is 14.6. The summed E-state index contributed by atoms with van der Waals surface area (Å²) in [5.74, 6) is -0.320. The number of hydrogen-bond donors (Lipinski definition) is 2. The number of carbonyl (C=O) groups excluding carboxylic acids is 1. The smallest absolute Gasteiger partial charge is 0.288 e. The van der Waals surface area contributed by atoms with Crippen LogP contribution in [0.5, 0.6) is 0 Å². The van der Waals surface area contributed by atoms with Gasteiger partial charge in [-0.05, 0) is 41.5 Å². The first-order chi connectivity index (χ1) is 13.6. The van der Waals surface area contributed by atoms with Gasteiger partial charge in [0.15, 0.2) is 0 Å². The molecule has 28 heavy (non-hydrogen) atoms. The summed E-state index contributed by atoms with van der Waals surface area (Å²) in [5, 5.41) is 5.59. The number of nitrogens with one attached hydrogen (secondary N) is 2. The van der Waals surface area contributed by atoms with E-state index in [1.165, 1.54) is 0 Å². The molecule has 1 heterocycles. The number of fused-ring (bicyclic) bond motifs is 1. The molecule has 0 saturated carbocycles. The molecule has 4 aromatic rings. The molecular formula is C22H15BrClN3O. The fraction of sp³-hybridized carbons (Fsp3) is 0. The molecular weight excluding hydrogens is 438 g/mol. The number of carbonyl (C=O) groups is 1. The number of aromatic nitrogens is 1. The summed E-state index contributed by atoms with van der Waals surface area (Å²) in [7, 11) is 0. The highest BCUT2D eigenvalue weighted by molar-refractivity contribution is 9.10. The van der Waals surface area contributed by atoms with Gasteiger partial charge in [-0.1, -0.05) is 70.0 Å². The van der Waals surface area contributed by atoms with Crippen LogP contribution in [0.25, 0.3) is 22.0 Å². The summed E-state index contributed by atoms with van der Waals surface area (Å²) in [4.78, 5) is 16.0. The third-order valence-electron chi connectivity index (χ3n) is 4.30. The largest absolute Gasteiger partial charge is 0.350 e. The van der Waals surface area contributed by atoms with E-state index in [1.807, 2.05) is 66.7 Å². The number of H-pyrrole nitrogens is 1. The fourth-order valence-electron chi connectivity index (χ4n) is 3.01. The van der Waals surface area contributed by atoms with Gasteiger partial charge in [-0.3, -0.25) is 4.79 Å². The number of hydrogen-bond acceptors (Lipinski definition) is 2. The minimum absolute atomic E-state index is 0.320. The van der Waals surface area contributed by atoms with Crippen LogP contribution in [0.4, 0.5) is 0 Å². The highest BCUT2D eigenvalue weighted by Gasteiger charge is 2.19. The Morgan fingerprint density at radius 2 is 1.79 bits per heavy atom. The number of benzene rings is 3. The summed E-state index contributed by atoms with van der Waals surface area (Å²) in [6.45, 7) is 0. The maximum Gasteiger partial charge on any atom is 0.288 e.